The number of hydrogen-bond acceptors (Lipinski definition) is 9. The number of aromatic nitrogens is 2. The predicted molar refractivity (Wildman–Crippen MR) is 149 cm³/mol. The summed E-state index contributed by atoms with van der Waals surface area (Å²) in [6.07, 6.45) is 3.99. The number of aliphatic carboxylic acids is 1. The van der Waals surface area contributed by atoms with E-state index in [0.717, 1.165) is 18.7 Å². The lowest BCUT2D eigenvalue weighted by molar-refractivity contribution is -0.138. The molecule has 1 aliphatic heterocycles. The first-order valence-corrected chi connectivity index (χ1v) is 14.2. The number of nitrogens with zero attached hydrogens (tertiary/aromatic N) is 3. The molecule has 13 heteroatoms. The third-order valence-electron chi connectivity index (χ3n) is 6.77. The highest BCUT2D eigenvalue weighted by atomic mass is 32.2. The minimum absolute atomic E-state index is 0.00796. The van der Waals surface area contributed by atoms with Crippen LogP contribution in [0.3, 0.4) is 0 Å². The van der Waals surface area contributed by atoms with Gasteiger partial charge in [0.15, 0.2) is 0 Å². The monoisotopic (exact) mass is 568 g/mol. The van der Waals surface area contributed by atoms with Crippen LogP contribution >= 0.6 is 0 Å². The molecule has 12 nitrogen and oxygen atoms in total. The fraction of sp³-hybridized carbons (Fsp3) is 0.333. The molecule has 4 rings (SSSR count). The van der Waals surface area contributed by atoms with Gasteiger partial charge in [-0.2, -0.15) is 4.72 Å². The number of amides is 1. The minimum Gasteiger partial charge on any atom is -0.480 e. The molecule has 0 spiro atoms. The van der Waals surface area contributed by atoms with Crippen LogP contribution in [0.15, 0.2) is 78.0 Å². The van der Waals surface area contributed by atoms with E-state index in [2.05, 4.69) is 37.1 Å². The molecule has 1 amide bonds. The number of carboxylic acid groups (broad SMARTS) is 1. The number of methoxy groups -OCH3 is 1. The Morgan fingerprint density at radius 3 is 2.38 bits per heavy atom. The van der Waals surface area contributed by atoms with E-state index >= 15 is 0 Å². The summed E-state index contributed by atoms with van der Waals surface area (Å²) in [4.78, 5) is 35.0. The van der Waals surface area contributed by atoms with Crippen LogP contribution in [0.4, 0.5) is 11.6 Å². The SMILES string of the molecule is CO[C@@H]1[C@@H](Nc2ncccn2)CCN(c2ccc(C(=O)NC[C@H](NS(=O)(=O)c3ccccc3)C(=O)O)cc2)[C@@H]1C. The molecule has 3 aromatic rings. The molecular weight excluding hydrogens is 536 g/mol. The number of piperidine rings is 1. The highest BCUT2D eigenvalue weighted by molar-refractivity contribution is 7.89. The van der Waals surface area contributed by atoms with E-state index in [9.17, 15) is 23.1 Å². The molecule has 4 N–H and O–H groups in total. The number of carbonyl (C=O) groups excluding carboxylic acids is 1. The molecule has 4 atom stereocenters. The Labute approximate surface area is 232 Å². The Bertz CT molecular complexity index is 1390. The van der Waals surface area contributed by atoms with Gasteiger partial charge in [0, 0.05) is 43.8 Å². The van der Waals surface area contributed by atoms with Gasteiger partial charge in [0.25, 0.3) is 5.91 Å². The van der Waals surface area contributed by atoms with Crippen molar-refractivity contribution < 1.29 is 27.9 Å². The summed E-state index contributed by atoms with van der Waals surface area (Å²) >= 11 is 0. The fourth-order valence-electron chi connectivity index (χ4n) is 4.71. The number of rotatable bonds is 11. The number of ether oxygens (including phenoxy) is 1. The van der Waals surface area contributed by atoms with E-state index in [4.69, 9.17) is 4.74 Å². The first kappa shape index (κ1) is 28.9. The molecule has 0 saturated carbocycles. The maximum atomic E-state index is 12.7. The van der Waals surface area contributed by atoms with Crippen molar-refractivity contribution >= 4 is 33.5 Å². The topological polar surface area (TPSA) is 163 Å². The lowest BCUT2D eigenvalue weighted by Gasteiger charge is -2.44. The normalized spacial score (nSPS) is 19.9. The zero-order valence-corrected chi connectivity index (χ0v) is 22.9. The standard InChI is InChI=1S/C27H32N6O6S/c1-18-24(39-2)22(31-27-28-14-6-15-29-27)13-16-33(18)20-11-9-19(10-12-20)25(34)30-17-23(26(35)36)32-40(37,38)21-7-4-3-5-8-21/h3-12,14-15,18,22-24,32H,13,16-17H2,1-2H3,(H,30,34)(H,35,36)(H,28,29,31)/t18-,22+,23+,24+/m1/s1. The second-order valence-corrected chi connectivity index (χ2v) is 11.0. The number of sulfonamides is 1. The number of carbonyl (C=O) groups is 2. The number of carboxylic acids is 1. The highest BCUT2D eigenvalue weighted by Gasteiger charge is 2.36. The van der Waals surface area contributed by atoms with Gasteiger partial charge in [0.05, 0.1) is 23.1 Å². The van der Waals surface area contributed by atoms with Gasteiger partial charge in [-0.25, -0.2) is 18.4 Å². The average Bonchev–Trinajstić information content (AvgIpc) is 2.96. The molecule has 2 aromatic carbocycles. The van der Waals surface area contributed by atoms with Gasteiger partial charge in [0.2, 0.25) is 16.0 Å². The second-order valence-electron chi connectivity index (χ2n) is 9.33. The Morgan fingerprint density at radius 2 is 1.75 bits per heavy atom. The van der Waals surface area contributed by atoms with E-state index < -0.39 is 34.5 Å². The van der Waals surface area contributed by atoms with Crippen molar-refractivity contribution in [2.24, 2.45) is 0 Å². The summed E-state index contributed by atoms with van der Waals surface area (Å²) in [5, 5.41) is 15.4. The van der Waals surface area contributed by atoms with Crippen molar-refractivity contribution in [2.45, 2.75) is 42.5 Å². The molecule has 212 valence electrons. The summed E-state index contributed by atoms with van der Waals surface area (Å²) < 4.78 is 33.0. The van der Waals surface area contributed by atoms with Crippen LogP contribution in [0.1, 0.15) is 23.7 Å². The van der Waals surface area contributed by atoms with Crippen molar-refractivity contribution in [2.75, 3.05) is 30.4 Å². The lowest BCUT2D eigenvalue weighted by Crippen LogP contribution is -2.56. The lowest BCUT2D eigenvalue weighted by atomic mass is 9.94. The van der Waals surface area contributed by atoms with Gasteiger partial charge in [-0.05, 0) is 55.8 Å². The van der Waals surface area contributed by atoms with Gasteiger partial charge in [0.1, 0.15) is 6.04 Å². The van der Waals surface area contributed by atoms with Gasteiger partial charge in [-0.1, -0.05) is 18.2 Å². The molecule has 0 unspecified atom stereocenters. The van der Waals surface area contributed by atoms with Crippen LogP contribution in [0.2, 0.25) is 0 Å². The summed E-state index contributed by atoms with van der Waals surface area (Å²) in [7, 11) is -2.41. The Hall–Kier alpha value is -4.07. The summed E-state index contributed by atoms with van der Waals surface area (Å²) in [5.41, 5.74) is 1.21. The molecule has 0 radical (unpaired) electrons. The Morgan fingerprint density at radius 1 is 1.07 bits per heavy atom. The van der Waals surface area contributed by atoms with Gasteiger partial charge in [-0.15, -0.1) is 0 Å². The van der Waals surface area contributed by atoms with Crippen molar-refractivity contribution in [1.29, 1.82) is 0 Å². The number of nitrogens with one attached hydrogen (secondary N) is 3. The van der Waals surface area contributed by atoms with Crippen molar-refractivity contribution in [3.63, 3.8) is 0 Å². The molecule has 0 bridgehead atoms. The Kier molecular flexibility index (Phi) is 9.30. The van der Waals surface area contributed by atoms with Gasteiger partial charge >= 0.3 is 5.97 Å². The van der Waals surface area contributed by atoms with Crippen molar-refractivity contribution in [3.8, 4) is 0 Å². The van der Waals surface area contributed by atoms with Crippen LogP contribution in [-0.2, 0) is 19.6 Å². The maximum absolute atomic E-state index is 12.7. The molecular formula is C27H32N6O6S. The van der Waals surface area contributed by atoms with Crippen LogP contribution in [0, 0.1) is 0 Å². The fourth-order valence-corrected chi connectivity index (χ4v) is 5.92. The minimum atomic E-state index is -4.08. The van der Waals surface area contributed by atoms with E-state index in [-0.39, 0.29) is 23.1 Å². The smallest absolute Gasteiger partial charge is 0.323 e. The molecule has 40 heavy (non-hydrogen) atoms. The summed E-state index contributed by atoms with van der Waals surface area (Å²) in [5.74, 6) is -1.39. The van der Waals surface area contributed by atoms with Crippen molar-refractivity contribution in [3.05, 3.63) is 78.6 Å². The largest absolute Gasteiger partial charge is 0.480 e. The summed E-state index contributed by atoms with van der Waals surface area (Å²) in [6.45, 7) is 2.37. The van der Waals surface area contributed by atoms with E-state index in [1.807, 2.05) is 12.1 Å². The van der Waals surface area contributed by atoms with E-state index in [0.29, 0.717) is 11.5 Å². The second kappa shape index (κ2) is 12.9. The zero-order valence-electron chi connectivity index (χ0n) is 22.1. The molecule has 1 aliphatic rings. The molecule has 2 heterocycles. The third-order valence-corrected chi connectivity index (χ3v) is 8.26. The maximum Gasteiger partial charge on any atom is 0.323 e. The van der Waals surface area contributed by atoms with Gasteiger partial charge in [-0.3, -0.25) is 9.59 Å². The number of benzene rings is 2. The molecule has 1 saturated heterocycles. The van der Waals surface area contributed by atoms with E-state index in [1.54, 1.807) is 43.8 Å². The predicted octanol–water partition coefficient (Wildman–Crippen LogP) is 1.73. The van der Waals surface area contributed by atoms with Crippen LogP contribution < -0.4 is 20.3 Å². The summed E-state index contributed by atoms with van der Waals surface area (Å²) in [6, 6.07) is 14.6. The van der Waals surface area contributed by atoms with E-state index in [1.165, 1.54) is 24.3 Å². The van der Waals surface area contributed by atoms with Crippen LogP contribution in [-0.4, -0.2) is 79.8 Å². The third kappa shape index (κ3) is 6.92. The Balaban J connectivity index is 1.36. The number of anilines is 2. The quantitative estimate of drug-likeness (QED) is 0.268. The van der Waals surface area contributed by atoms with Crippen LogP contribution in [0.25, 0.3) is 0 Å². The first-order valence-electron chi connectivity index (χ1n) is 12.7. The first-order chi connectivity index (χ1) is 19.2. The van der Waals surface area contributed by atoms with Crippen molar-refractivity contribution in [1.82, 2.24) is 20.0 Å². The molecule has 1 aromatic heterocycles. The van der Waals surface area contributed by atoms with Crippen LogP contribution in [0.5, 0.6) is 0 Å². The molecule has 0 aliphatic carbocycles. The average molecular weight is 569 g/mol. The highest BCUT2D eigenvalue weighted by Crippen LogP contribution is 2.28. The number of hydrogen-bond donors (Lipinski definition) is 4. The zero-order chi connectivity index (χ0) is 28.7. The van der Waals surface area contributed by atoms with Gasteiger partial charge < -0.3 is 25.4 Å². The molecule has 1 fully saturated rings.